The SMILES string of the molecule is CCC(C)NC(=O)c1cc(N2CCN(C=O)CC2)nc(C)n1. The zero-order valence-corrected chi connectivity index (χ0v) is 13.4. The molecule has 1 aromatic heterocycles. The average Bonchev–Trinajstić information content (AvgIpc) is 2.54. The number of nitrogens with one attached hydrogen (secondary N) is 1. The molecular formula is C15H23N5O2. The number of anilines is 1. The molecule has 22 heavy (non-hydrogen) atoms. The van der Waals surface area contributed by atoms with Crippen LogP contribution < -0.4 is 10.2 Å². The van der Waals surface area contributed by atoms with Crippen LogP contribution in [0.25, 0.3) is 0 Å². The van der Waals surface area contributed by atoms with Gasteiger partial charge < -0.3 is 15.1 Å². The number of amides is 2. The predicted octanol–water partition coefficient (Wildman–Crippen LogP) is 0.592. The molecule has 1 unspecified atom stereocenters. The first-order chi connectivity index (χ1) is 10.5. The lowest BCUT2D eigenvalue weighted by molar-refractivity contribution is -0.118. The number of nitrogens with zero attached hydrogens (tertiary/aromatic N) is 4. The van der Waals surface area contributed by atoms with Crippen LogP contribution in [0.4, 0.5) is 5.82 Å². The molecule has 1 fully saturated rings. The van der Waals surface area contributed by atoms with Gasteiger partial charge >= 0.3 is 0 Å². The van der Waals surface area contributed by atoms with Gasteiger partial charge in [0.1, 0.15) is 17.3 Å². The van der Waals surface area contributed by atoms with Gasteiger partial charge in [0.25, 0.3) is 5.91 Å². The molecule has 7 heteroatoms. The normalized spacial score (nSPS) is 16.3. The van der Waals surface area contributed by atoms with Crippen LogP contribution in [0, 0.1) is 6.92 Å². The van der Waals surface area contributed by atoms with Gasteiger partial charge in [-0.15, -0.1) is 0 Å². The van der Waals surface area contributed by atoms with E-state index in [0.717, 1.165) is 18.6 Å². The number of aryl methyl sites for hydroxylation is 1. The third-order valence-corrected chi connectivity index (χ3v) is 3.83. The highest BCUT2D eigenvalue weighted by Crippen LogP contribution is 2.15. The van der Waals surface area contributed by atoms with E-state index in [0.29, 0.717) is 37.7 Å². The van der Waals surface area contributed by atoms with E-state index in [1.54, 1.807) is 17.9 Å². The summed E-state index contributed by atoms with van der Waals surface area (Å²) in [6, 6.07) is 1.84. The number of hydrogen-bond donors (Lipinski definition) is 1. The van der Waals surface area contributed by atoms with Crippen molar-refractivity contribution in [3.8, 4) is 0 Å². The summed E-state index contributed by atoms with van der Waals surface area (Å²) in [6.07, 6.45) is 1.74. The molecule has 2 rings (SSSR count). The standard InChI is InChI=1S/C15H23N5O2/c1-4-11(2)16-15(22)13-9-14(18-12(3)17-13)20-7-5-19(10-21)6-8-20/h9-11H,4-8H2,1-3H3,(H,16,22). The molecule has 1 aliphatic rings. The first-order valence-corrected chi connectivity index (χ1v) is 7.64. The summed E-state index contributed by atoms with van der Waals surface area (Å²) in [6.45, 7) is 8.52. The van der Waals surface area contributed by atoms with Crippen LogP contribution in [0.3, 0.4) is 0 Å². The van der Waals surface area contributed by atoms with E-state index in [-0.39, 0.29) is 11.9 Å². The van der Waals surface area contributed by atoms with Crippen molar-refractivity contribution in [1.82, 2.24) is 20.2 Å². The maximum atomic E-state index is 12.2. The van der Waals surface area contributed by atoms with E-state index in [4.69, 9.17) is 0 Å². The highest BCUT2D eigenvalue weighted by atomic mass is 16.2. The number of carbonyl (C=O) groups excluding carboxylic acids is 2. The second kappa shape index (κ2) is 7.20. The Morgan fingerprint density at radius 1 is 1.36 bits per heavy atom. The van der Waals surface area contributed by atoms with Crippen LogP contribution >= 0.6 is 0 Å². The summed E-state index contributed by atoms with van der Waals surface area (Å²) >= 11 is 0. The van der Waals surface area contributed by atoms with Crippen molar-refractivity contribution in [3.05, 3.63) is 17.6 Å². The van der Waals surface area contributed by atoms with Gasteiger partial charge in [-0.05, 0) is 20.3 Å². The maximum Gasteiger partial charge on any atom is 0.270 e. The summed E-state index contributed by atoms with van der Waals surface area (Å²) in [7, 11) is 0. The Morgan fingerprint density at radius 2 is 2.05 bits per heavy atom. The molecule has 2 heterocycles. The summed E-state index contributed by atoms with van der Waals surface area (Å²) in [5.74, 6) is 1.14. The molecule has 0 spiro atoms. The molecule has 0 radical (unpaired) electrons. The van der Waals surface area contributed by atoms with Gasteiger partial charge in [0.05, 0.1) is 0 Å². The van der Waals surface area contributed by atoms with Gasteiger partial charge in [0, 0.05) is 38.3 Å². The van der Waals surface area contributed by atoms with Crippen LogP contribution in [-0.4, -0.2) is 59.4 Å². The largest absolute Gasteiger partial charge is 0.353 e. The lowest BCUT2D eigenvalue weighted by Gasteiger charge is -2.33. The van der Waals surface area contributed by atoms with Crippen LogP contribution in [0.15, 0.2) is 6.07 Å². The monoisotopic (exact) mass is 305 g/mol. The third kappa shape index (κ3) is 3.93. The molecule has 1 aliphatic heterocycles. The van der Waals surface area contributed by atoms with Crippen molar-refractivity contribution in [2.75, 3.05) is 31.1 Å². The van der Waals surface area contributed by atoms with E-state index in [1.165, 1.54) is 0 Å². The van der Waals surface area contributed by atoms with Crippen LogP contribution in [0.2, 0.25) is 0 Å². The topological polar surface area (TPSA) is 78.4 Å². The molecule has 120 valence electrons. The number of piperazine rings is 1. The number of carbonyl (C=O) groups is 2. The van der Waals surface area contributed by atoms with Crippen molar-refractivity contribution < 1.29 is 9.59 Å². The zero-order chi connectivity index (χ0) is 16.1. The minimum absolute atomic E-state index is 0.113. The number of aromatic nitrogens is 2. The Balaban J connectivity index is 2.13. The summed E-state index contributed by atoms with van der Waals surface area (Å²) < 4.78 is 0. The van der Waals surface area contributed by atoms with Gasteiger partial charge in [0.2, 0.25) is 6.41 Å². The fourth-order valence-corrected chi connectivity index (χ4v) is 2.29. The minimum Gasteiger partial charge on any atom is -0.353 e. The molecule has 0 saturated carbocycles. The van der Waals surface area contributed by atoms with Gasteiger partial charge in [-0.2, -0.15) is 0 Å². The van der Waals surface area contributed by atoms with Crippen LogP contribution in [-0.2, 0) is 4.79 Å². The second-order valence-corrected chi connectivity index (χ2v) is 5.57. The van der Waals surface area contributed by atoms with Gasteiger partial charge in [-0.3, -0.25) is 9.59 Å². The van der Waals surface area contributed by atoms with Gasteiger partial charge in [0.15, 0.2) is 0 Å². The predicted molar refractivity (Wildman–Crippen MR) is 83.8 cm³/mol. The lowest BCUT2D eigenvalue weighted by Crippen LogP contribution is -2.46. The first kappa shape index (κ1) is 16.2. The highest BCUT2D eigenvalue weighted by Gasteiger charge is 2.19. The fourth-order valence-electron chi connectivity index (χ4n) is 2.29. The molecule has 7 nitrogen and oxygen atoms in total. The zero-order valence-electron chi connectivity index (χ0n) is 13.4. The Hall–Kier alpha value is -2.18. The van der Waals surface area contributed by atoms with E-state index in [1.807, 2.05) is 13.8 Å². The number of hydrogen-bond acceptors (Lipinski definition) is 5. The Labute approximate surface area is 130 Å². The molecule has 0 bridgehead atoms. The molecule has 0 aromatic carbocycles. The minimum atomic E-state index is -0.173. The summed E-state index contributed by atoms with van der Waals surface area (Å²) in [5, 5.41) is 2.92. The first-order valence-electron chi connectivity index (χ1n) is 7.64. The Bertz CT molecular complexity index is 541. The Kier molecular flexibility index (Phi) is 5.30. The van der Waals surface area contributed by atoms with Crippen LogP contribution in [0.1, 0.15) is 36.6 Å². The lowest BCUT2D eigenvalue weighted by atomic mass is 10.2. The van der Waals surface area contributed by atoms with Crippen molar-refractivity contribution in [1.29, 1.82) is 0 Å². The smallest absolute Gasteiger partial charge is 0.270 e. The quantitative estimate of drug-likeness (QED) is 0.806. The highest BCUT2D eigenvalue weighted by molar-refractivity contribution is 5.93. The van der Waals surface area contributed by atoms with Gasteiger partial charge in [-0.25, -0.2) is 9.97 Å². The molecule has 1 N–H and O–H groups in total. The van der Waals surface area contributed by atoms with Crippen molar-refractivity contribution in [2.24, 2.45) is 0 Å². The second-order valence-electron chi connectivity index (χ2n) is 5.57. The fraction of sp³-hybridized carbons (Fsp3) is 0.600. The van der Waals surface area contributed by atoms with Crippen LogP contribution in [0.5, 0.6) is 0 Å². The number of rotatable bonds is 5. The third-order valence-electron chi connectivity index (χ3n) is 3.83. The van der Waals surface area contributed by atoms with Crippen molar-refractivity contribution in [3.63, 3.8) is 0 Å². The van der Waals surface area contributed by atoms with E-state index in [2.05, 4.69) is 20.2 Å². The van der Waals surface area contributed by atoms with E-state index in [9.17, 15) is 9.59 Å². The van der Waals surface area contributed by atoms with E-state index < -0.39 is 0 Å². The molecule has 2 amide bonds. The van der Waals surface area contributed by atoms with E-state index >= 15 is 0 Å². The summed E-state index contributed by atoms with van der Waals surface area (Å²) in [4.78, 5) is 35.4. The average molecular weight is 305 g/mol. The Morgan fingerprint density at radius 3 is 2.64 bits per heavy atom. The van der Waals surface area contributed by atoms with Crippen molar-refractivity contribution >= 4 is 18.1 Å². The van der Waals surface area contributed by atoms with Crippen molar-refractivity contribution in [2.45, 2.75) is 33.2 Å². The molecule has 1 aromatic rings. The summed E-state index contributed by atoms with van der Waals surface area (Å²) in [5.41, 5.74) is 0.389. The molecule has 0 aliphatic carbocycles. The molecule has 1 atom stereocenters. The molecule has 1 saturated heterocycles. The molecular weight excluding hydrogens is 282 g/mol. The maximum absolute atomic E-state index is 12.2. The van der Waals surface area contributed by atoms with Gasteiger partial charge in [-0.1, -0.05) is 6.92 Å².